The Hall–Kier alpha value is -1.83. The summed E-state index contributed by atoms with van der Waals surface area (Å²) in [6, 6.07) is 5.48. The summed E-state index contributed by atoms with van der Waals surface area (Å²) in [6.45, 7) is 4.82. The normalized spacial score (nSPS) is 12.1. The fraction of sp³-hybridized carbons (Fsp3) is 0.308. The summed E-state index contributed by atoms with van der Waals surface area (Å²) in [5.74, 6) is -0.152. The van der Waals surface area contributed by atoms with E-state index in [-0.39, 0.29) is 19.1 Å². The second kappa shape index (κ2) is 7.09. The largest absolute Gasteiger partial charge is 0.395 e. The quantitative estimate of drug-likeness (QED) is 0.764. The molecule has 0 bridgehead atoms. The molecule has 0 saturated heterocycles. The van der Waals surface area contributed by atoms with E-state index in [0.29, 0.717) is 24.5 Å². The maximum absolute atomic E-state index is 12.0. The standard InChI is InChI=1S/C13H16N4O2S/c1-2-6-17(7-8-18)9-12(19)14-10-4-3-5-11-13(10)16-20-15-11/h2-5,18H,1,6-9H2,(H,14,19). The number of aliphatic hydroxyl groups is 1. The first-order valence-corrected chi connectivity index (χ1v) is 6.93. The molecule has 1 aliphatic rings. The molecule has 1 heterocycles. The van der Waals surface area contributed by atoms with Crippen LogP contribution in [0, 0.1) is 0 Å². The lowest BCUT2D eigenvalue weighted by atomic mass is 10.2. The molecule has 0 unspecified atom stereocenters. The van der Waals surface area contributed by atoms with E-state index in [0.717, 1.165) is 17.0 Å². The average molecular weight is 292 g/mol. The van der Waals surface area contributed by atoms with Crippen LogP contribution in [0.1, 0.15) is 0 Å². The summed E-state index contributed by atoms with van der Waals surface area (Å²) < 4.78 is 8.30. The molecule has 0 radical (unpaired) electrons. The second-order valence-corrected chi connectivity index (χ2v) is 4.76. The third kappa shape index (κ3) is 3.60. The van der Waals surface area contributed by atoms with Gasteiger partial charge in [-0.1, -0.05) is 12.1 Å². The summed E-state index contributed by atoms with van der Waals surface area (Å²) in [4.78, 5) is 13.8. The molecule has 2 rings (SSSR count). The van der Waals surface area contributed by atoms with Gasteiger partial charge in [-0.05, 0) is 12.1 Å². The van der Waals surface area contributed by atoms with E-state index in [4.69, 9.17) is 5.11 Å². The summed E-state index contributed by atoms with van der Waals surface area (Å²) in [6.07, 6.45) is 1.70. The van der Waals surface area contributed by atoms with E-state index >= 15 is 0 Å². The Bertz CT molecular complexity index is 582. The van der Waals surface area contributed by atoms with Crippen LogP contribution in [-0.4, -0.2) is 42.2 Å². The monoisotopic (exact) mass is 292 g/mol. The molecule has 20 heavy (non-hydrogen) atoms. The molecule has 1 aliphatic heterocycles. The maximum Gasteiger partial charge on any atom is 0.238 e. The van der Waals surface area contributed by atoms with Crippen molar-refractivity contribution >= 4 is 34.3 Å². The summed E-state index contributed by atoms with van der Waals surface area (Å²) in [7, 11) is 0. The van der Waals surface area contributed by atoms with E-state index in [2.05, 4.69) is 20.6 Å². The minimum Gasteiger partial charge on any atom is -0.395 e. The number of hydrogen-bond donors (Lipinski definition) is 2. The van der Waals surface area contributed by atoms with Gasteiger partial charge in [0.15, 0.2) is 0 Å². The molecule has 2 N–H and O–H groups in total. The molecular formula is C13H16N4O2S. The number of carbonyl (C=O) groups is 1. The highest BCUT2D eigenvalue weighted by Crippen LogP contribution is 2.38. The SMILES string of the molecule is C=CCN(CCO)CC(=O)Nc1cccc2c1N=S=N2. The van der Waals surface area contributed by atoms with Crippen LogP contribution in [0.15, 0.2) is 39.6 Å². The second-order valence-electron chi connectivity index (χ2n) is 4.23. The van der Waals surface area contributed by atoms with Crippen molar-refractivity contribution in [3.05, 3.63) is 30.9 Å². The number of rotatable bonds is 7. The van der Waals surface area contributed by atoms with Gasteiger partial charge in [0.25, 0.3) is 0 Å². The number of benzene rings is 1. The third-order valence-corrected chi connectivity index (χ3v) is 3.27. The summed E-state index contributed by atoms with van der Waals surface area (Å²) >= 11 is 1.12. The molecule has 0 aliphatic carbocycles. The van der Waals surface area contributed by atoms with Gasteiger partial charge in [0.1, 0.15) is 11.4 Å². The number of aliphatic hydroxyl groups excluding tert-OH is 1. The van der Waals surface area contributed by atoms with Crippen LogP contribution in [0.3, 0.4) is 0 Å². The summed E-state index contributed by atoms with van der Waals surface area (Å²) in [5, 5.41) is 11.8. The zero-order chi connectivity index (χ0) is 14.4. The van der Waals surface area contributed by atoms with E-state index in [1.165, 1.54) is 0 Å². The third-order valence-electron chi connectivity index (χ3n) is 2.73. The lowest BCUT2D eigenvalue weighted by Gasteiger charge is -2.18. The molecule has 0 fully saturated rings. The van der Waals surface area contributed by atoms with Crippen LogP contribution >= 0.6 is 0 Å². The summed E-state index contributed by atoms with van der Waals surface area (Å²) in [5.41, 5.74) is 2.12. The van der Waals surface area contributed by atoms with Crippen LogP contribution < -0.4 is 5.32 Å². The predicted molar refractivity (Wildman–Crippen MR) is 80.3 cm³/mol. The Kier molecular flexibility index (Phi) is 5.16. The number of carbonyl (C=O) groups excluding carboxylic acids is 1. The smallest absolute Gasteiger partial charge is 0.238 e. The molecule has 0 aromatic heterocycles. The predicted octanol–water partition coefficient (Wildman–Crippen LogP) is 1.83. The van der Waals surface area contributed by atoms with Crippen molar-refractivity contribution in [2.45, 2.75) is 0 Å². The minimum absolute atomic E-state index is 0.00666. The average Bonchev–Trinajstić information content (AvgIpc) is 2.88. The van der Waals surface area contributed by atoms with Gasteiger partial charge in [0.05, 0.1) is 30.2 Å². The van der Waals surface area contributed by atoms with Crippen molar-refractivity contribution in [1.29, 1.82) is 0 Å². The molecular weight excluding hydrogens is 276 g/mol. The Labute approximate surface area is 121 Å². The van der Waals surface area contributed by atoms with E-state index < -0.39 is 0 Å². The van der Waals surface area contributed by atoms with Gasteiger partial charge in [-0.15, -0.1) is 6.58 Å². The number of nitrogens with one attached hydrogen (secondary N) is 1. The Morgan fingerprint density at radius 2 is 2.35 bits per heavy atom. The zero-order valence-electron chi connectivity index (χ0n) is 11.0. The Balaban J connectivity index is 2.00. The van der Waals surface area contributed by atoms with Gasteiger partial charge < -0.3 is 10.4 Å². The topological polar surface area (TPSA) is 77.3 Å². The molecule has 7 heteroatoms. The lowest BCUT2D eigenvalue weighted by Crippen LogP contribution is -2.35. The fourth-order valence-corrected chi connectivity index (χ4v) is 2.41. The van der Waals surface area contributed by atoms with Crippen LogP contribution in [0.25, 0.3) is 0 Å². The zero-order valence-corrected chi connectivity index (χ0v) is 11.8. The van der Waals surface area contributed by atoms with E-state index in [9.17, 15) is 4.79 Å². The van der Waals surface area contributed by atoms with Crippen molar-refractivity contribution < 1.29 is 9.90 Å². The van der Waals surface area contributed by atoms with Crippen LogP contribution in [0.2, 0.25) is 0 Å². The first kappa shape index (κ1) is 14.6. The highest BCUT2D eigenvalue weighted by Gasteiger charge is 2.14. The molecule has 0 saturated carbocycles. The van der Waals surface area contributed by atoms with Gasteiger partial charge in [0.2, 0.25) is 5.91 Å². The number of nitrogens with zero attached hydrogens (tertiary/aromatic N) is 3. The molecule has 106 valence electrons. The fourth-order valence-electron chi connectivity index (χ4n) is 1.86. The van der Waals surface area contributed by atoms with Gasteiger partial charge in [-0.3, -0.25) is 9.69 Å². The molecule has 1 aromatic carbocycles. The first-order valence-electron chi connectivity index (χ1n) is 6.20. The molecule has 1 amide bonds. The highest BCUT2D eigenvalue weighted by atomic mass is 32.1. The van der Waals surface area contributed by atoms with Crippen molar-refractivity contribution in [3.63, 3.8) is 0 Å². The maximum atomic E-state index is 12.0. The molecule has 6 nitrogen and oxygen atoms in total. The Morgan fingerprint density at radius 3 is 3.10 bits per heavy atom. The lowest BCUT2D eigenvalue weighted by molar-refractivity contribution is -0.117. The first-order chi connectivity index (χ1) is 9.74. The van der Waals surface area contributed by atoms with Gasteiger partial charge in [0, 0.05) is 13.1 Å². The number of hydrogen-bond acceptors (Lipinski definition) is 5. The van der Waals surface area contributed by atoms with Crippen molar-refractivity contribution in [1.82, 2.24) is 4.90 Å². The van der Waals surface area contributed by atoms with Crippen molar-refractivity contribution in [2.24, 2.45) is 8.73 Å². The number of amides is 1. The van der Waals surface area contributed by atoms with E-state index in [1.54, 1.807) is 12.1 Å². The van der Waals surface area contributed by atoms with E-state index in [1.807, 2.05) is 17.0 Å². The molecule has 0 spiro atoms. The highest BCUT2D eigenvalue weighted by molar-refractivity contribution is 7.58. The Morgan fingerprint density at radius 1 is 1.50 bits per heavy atom. The minimum atomic E-state index is -0.152. The van der Waals surface area contributed by atoms with Crippen molar-refractivity contribution in [2.75, 3.05) is 31.6 Å². The van der Waals surface area contributed by atoms with Crippen LogP contribution in [0.4, 0.5) is 17.1 Å². The van der Waals surface area contributed by atoms with Gasteiger partial charge in [-0.25, -0.2) is 0 Å². The molecule has 1 aromatic rings. The van der Waals surface area contributed by atoms with Crippen molar-refractivity contribution in [3.8, 4) is 0 Å². The molecule has 0 atom stereocenters. The van der Waals surface area contributed by atoms with Crippen LogP contribution in [0.5, 0.6) is 0 Å². The van der Waals surface area contributed by atoms with Gasteiger partial charge >= 0.3 is 0 Å². The number of anilines is 1. The van der Waals surface area contributed by atoms with Gasteiger partial charge in [-0.2, -0.15) is 8.73 Å². The number of fused-ring (bicyclic) bond motifs is 1. The van der Waals surface area contributed by atoms with Crippen LogP contribution in [-0.2, 0) is 16.1 Å².